The molecular weight excluding hydrogens is 801 g/mol. The van der Waals surface area contributed by atoms with E-state index in [4.69, 9.17) is 4.74 Å². The van der Waals surface area contributed by atoms with Crippen molar-refractivity contribution in [3.8, 4) is 11.3 Å². The van der Waals surface area contributed by atoms with Crippen molar-refractivity contribution in [1.82, 2.24) is 29.4 Å². The van der Waals surface area contributed by atoms with Crippen molar-refractivity contribution in [3.63, 3.8) is 0 Å². The summed E-state index contributed by atoms with van der Waals surface area (Å²) in [7, 11) is -3.87. The maximum Gasteiger partial charge on any atom is 0.417 e. The number of hydrogen-bond donors (Lipinski definition) is 0. The molecule has 0 saturated carbocycles. The number of halogens is 4. The molecule has 2 bridgehead atoms. The Morgan fingerprint density at radius 3 is 2.42 bits per heavy atom. The number of aromatic nitrogens is 5. The van der Waals surface area contributed by atoms with Gasteiger partial charge in [0.15, 0.2) is 0 Å². The van der Waals surface area contributed by atoms with Crippen LogP contribution in [0.15, 0.2) is 29.7 Å². The Labute approximate surface area is 292 Å². The molecule has 5 aromatic rings. The van der Waals surface area contributed by atoms with Crippen molar-refractivity contribution in [2.75, 3.05) is 24.2 Å². The van der Waals surface area contributed by atoms with Crippen LogP contribution in [-0.4, -0.2) is 80.9 Å². The molecule has 2 saturated heterocycles. The molecule has 3 atom stereocenters. The van der Waals surface area contributed by atoms with Crippen LogP contribution in [-0.2, 0) is 20.8 Å². The van der Waals surface area contributed by atoms with E-state index in [-0.39, 0.29) is 40.4 Å². The van der Waals surface area contributed by atoms with Crippen LogP contribution in [0.2, 0.25) is 0 Å². The molecule has 3 unspecified atom stereocenters. The van der Waals surface area contributed by atoms with E-state index in [1.54, 1.807) is 15.4 Å². The first-order valence-electron chi connectivity index (χ1n) is 15.0. The lowest BCUT2D eigenvalue weighted by Gasteiger charge is -2.42. The standard InChI is InChI=1S/C30H30F3IN7O4PS2/c1-14-10-19-18(11-36-41(19)46-34)20(22(14)30(31,32)33)23-24-17(8-9-35-23)21-25(37-27(48(5,43)44)38-26(21)47-24)39-12-15-6-7-16(13-39)40(15)28(42)45-29(2,3)4/h8-11,15-16,46H,6-7,12-13H2,1-5H3. The highest BCUT2D eigenvalue weighted by Crippen LogP contribution is 2.49. The Bertz CT molecular complexity index is 2240. The summed E-state index contributed by atoms with van der Waals surface area (Å²) in [6.45, 7) is 7.60. The van der Waals surface area contributed by atoms with Crippen molar-refractivity contribution in [1.29, 1.82) is 0 Å². The molecule has 7 rings (SSSR count). The number of carbonyl (C=O) groups excluding carboxylic acids is 1. The molecule has 11 nitrogen and oxygen atoms in total. The third kappa shape index (κ3) is 5.67. The number of rotatable bonds is 4. The van der Waals surface area contributed by atoms with Crippen LogP contribution in [0.4, 0.5) is 23.8 Å². The molecule has 0 spiro atoms. The number of nitrogens with zero attached hydrogens (tertiary/aromatic N) is 7. The molecular formula is C30H30F3IN7O4PS2. The minimum atomic E-state index is -4.69. The molecule has 0 N–H and O–H groups in total. The zero-order chi connectivity index (χ0) is 34.5. The third-order valence-electron chi connectivity index (χ3n) is 8.60. The lowest BCUT2D eigenvalue weighted by Crippen LogP contribution is -2.57. The lowest BCUT2D eigenvalue weighted by molar-refractivity contribution is -0.137. The number of fused-ring (bicyclic) bond motifs is 6. The van der Waals surface area contributed by atoms with Crippen molar-refractivity contribution in [3.05, 3.63) is 35.7 Å². The van der Waals surface area contributed by atoms with Gasteiger partial charge in [0.1, 0.15) is 16.2 Å². The van der Waals surface area contributed by atoms with Gasteiger partial charge in [-0.1, -0.05) is 0 Å². The lowest BCUT2D eigenvalue weighted by atomic mass is 9.94. The first-order chi connectivity index (χ1) is 22.5. The number of carbonyl (C=O) groups is 1. The van der Waals surface area contributed by atoms with Gasteiger partial charge < -0.3 is 9.64 Å². The van der Waals surface area contributed by atoms with Gasteiger partial charge in [-0.3, -0.25) is 9.88 Å². The highest BCUT2D eigenvalue weighted by molar-refractivity contribution is 14.2. The number of aryl methyl sites for hydroxylation is 1. The molecule has 1 amide bonds. The van der Waals surface area contributed by atoms with Crippen molar-refractivity contribution < 1.29 is 31.1 Å². The molecule has 2 aliphatic heterocycles. The molecule has 0 radical (unpaired) electrons. The number of sulfone groups is 1. The van der Waals surface area contributed by atoms with Crippen LogP contribution in [0.25, 0.3) is 42.5 Å². The van der Waals surface area contributed by atoms with Gasteiger partial charge in [-0.25, -0.2) is 27.6 Å². The normalized spacial score (nSPS) is 19.1. The van der Waals surface area contributed by atoms with E-state index in [9.17, 15) is 26.4 Å². The van der Waals surface area contributed by atoms with E-state index in [2.05, 4.69) is 42.1 Å². The zero-order valence-corrected chi connectivity index (χ0v) is 31.2. The van der Waals surface area contributed by atoms with Gasteiger partial charge in [-0.15, -0.1) is 11.3 Å². The molecule has 18 heteroatoms. The SMILES string of the molecule is Cc1cc2c(cnn2PI)c(-c2nccc3c2sc2nc(S(C)(=O)=O)nc(N4CC5CCC(C4)N5C(=O)OC(C)(C)C)c23)c1C(F)(F)F. The number of pyridine rings is 1. The quantitative estimate of drug-likeness (QED) is 0.104. The van der Waals surface area contributed by atoms with Crippen LogP contribution in [0.3, 0.4) is 0 Å². The summed E-state index contributed by atoms with van der Waals surface area (Å²) >= 11 is 3.21. The second-order valence-electron chi connectivity index (χ2n) is 13.1. The number of piperazine rings is 1. The number of anilines is 1. The van der Waals surface area contributed by atoms with Crippen molar-refractivity contribution >= 4 is 92.7 Å². The summed E-state index contributed by atoms with van der Waals surface area (Å²) in [5.41, 5.74) is -0.850. The minimum Gasteiger partial charge on any atom is -0.444 e. The van der Waals surface area contributed by atoms with Crippen LogP contribution < -0.4 is 4.90 Å². The van der Waals surface area contributed by atoms with E-state index >= 15 is 0 Å². The second-order valence-corrected chi connectivity index (χ2v) is 18.1. The van der Waals surface area contributed by atoms with E-state index < -0.39 is 33.3 Å². The third-order valence-corrected chi connectivity index (χ3v) is 12.4. The maximum absolute atomic E-state index is 14.8. The highest BCUT2D eigenvalue weighted by Gasteiger charge is 2.45. The predicted molar refractivity (Wildman–Crippen MR) is 189 cm³/mol. The summed E-state index contributed by atoms with van der Waals surface area (Å²) in [5.74, 6) is 0.355. The molecule has 2 aliphatic rings. The Kier molecular flexibility index (Phi) is 8.11. The van der Waals surface area contributed by atoms with Crippen LogP contribution in [0.5, 0.6) is 0 Å². The number of alkyl halides is 3. The predicted octanol–water partition coefficient (Wildman–Crippen LogP) is 7.37. The fourth-order valence-corrected chi connectivity index (χ4v) is 10.1. The Morgan fingerprint density at radius 1 is 1.12 bits per heavy atom. The summed E-state index contributed by atoms with van der Waals surface area (Å²) in [6, 6.07) is 2.81. The topological polar surface area (TPSA) is 123 Å². The maximum atomic E-state index is 14.8. The van der Waals surface area contributed by atoms with Gasteiger partial charge in [-0.2, -0.15) is 18.3 Å². The Balaban J connectivity index is 1.45. The average molecular weight is 832 g/mol. The molecule has 2 fully saturated rings. The van der Waals surface area contributed by atoms with Crippen LogP contribution in [0.1, 0.15) is 44.7 Å². The van der Waals surface area contributed by atoms with Gasteiger partial charge in [-0.05, 0) is 80.3 Å². The van der Waals surface area contributed by atoms with E-state index in [1.807, 2.05) is 25.7 Å². The highest BCUT2D eigenvalue weighted by atomic mass is 127. The Morgan fingerprint density at radius 2 is 1.81 bits per heavy atom. The van der Waals surface area contributed by atoms with Gasteiger partial charge in [0.05, 0.1) is 51.5 Å². The fourth-order valence-electron chi connectivity index (χ4n) is 6.80. The number of ether oxygens (including phenoxy) is 1. The second kappa shape index (κ2) is 11.6. The number of amides is 1. The molecule has 6 heterocycles. The van der Waals surface area contributed by atoms with Gasteiger partial charge in [0.25, 0.3) is 0 Å². The monoisotopic (exact) mass is 831 g/mol. The molecule has 1 aromatic carbocycles. The molecule has 0 aliphatic carbocycles. The number of benzene rings is 1. The molecule has 4 aromatic heterocycles. The summed E-state index contributed by atoms with van der Waals surface area (Å²) in [5, 5.41) is 5.37. The molecule has 254 valence electrons. The zero-order valence-electron chi connectivity index (χ0n) is 26.4. The summed E-state index contributed by atoms with van der Waals surface area (Å²) < 4.78 is 77.8. The first-order valence-corrected chi connectivity index (χ1v) is 21.7. The van der Waals surface area contributed by atoms with E-state index in [0.717, 1.165) is 30.4 Å². The Hall–Kier alpha value is -2.89. The smallest absolute Gasteiger partial charge is 0.417 e. The van der Waals surface area contributed by atoms with Crippen molar-refractivity contribution in [2.24, 2.45) is 0 Å². The minimum absolute atomic E-state index is 0.0412. The van der Waals surface area contributed by atoms with Crippen LogP contribution >= 0.6 is 39.8 Å². The van der Waals surface area contributed by atoms with Gasteiger partial charge in [0, 0.05) is 41.9 Å². The fraction of sp³-hybridized carbons (Fsp3) is 0.433. The van der Waals surface area contributed by atoms with Gasteiger partial charge >= 0.3 is 12.3 Å². The van der Waals surface area contributed by atoms with E-state index in [0.29, 0.717) is 50.1 Å². The molecule has 48 heavy (non-hydrogen) atoms. The number of hydrogen-bond acceptors (Lipinski definition) is 10. The summed E-state index contributed by atoms with van der Waals surface area (Å²) in [4.78, 5) is 30.7. The van der Waals surface area contributed by atoms with E-state index in [1.165, 1.54) is 25.4 Å². The van der Waals surface area contributed by atoms with Gasteiger partial charge in [0.2, 0.25) is 15.0 Å². The first kappa shape index (κ1) is 33.6. The van der Waals surface area contributed by atoms with Crippen LogP contribution in [0, 0.1) is 6.92 Å². The average Bonchev–Trinajstić information content (AvgIpc) is 3.64. The summed E-state index contributed by atoms with van der Waals surface area (Å²) in [6.07, 6.45) is 0.471. The number of thiophene rings is 1. The van der Waals surface area contributed by atoms with Crippen molar-refractivity contribution in [2.45, 2.75) is 69.6 Å². The largest absolute Gasteiger partial charge is 0.444 e.